The Hall–Kier alpha value is -2.79. The number of pyridine rings is 1. The van der Waals surface area contributed by atoms with Crippen LogP contribution >= 0.6 is 11.6 Å². The molecule has 3 rings (SSSR count). The van der Waals surface area contributed by atoms with Crippen LogP contribution in [0.15, 0.2) is 47.6 Å². The molecule has 0 bridgehead atoms. The summed E-state index contributed by atoms with van der Waals surface area (Å²) in [5.41, 5.74) is 3.37. The lowest BCUT2D eigenvalue weighted by molar-refractivity contribution is 0.129. The summed E-state index contributed by atoms with van der Waals surface area (Å²) < 4.78 is 10.8. The summed E-state index contributed by atoms with van der Waals surface area (Å²) >= 11 is 6.43. The number of hydrogen-bond donors (Lipinski definition) is 0. The highest BCUT2D eigenvalue weighted by molar-refractivity contribution is 6.32. The normalized spacial score (nSPS) is 11.1. The molecule has 3 aromatic rings. The molecule has 0 aliphatic rings. The maximum atomic E-state index is 6.43. The van der Waals surface area contributed by atoms with Gasteiger partial charge in [-0.05, 0) is 43.7 Å². The van der Waals surface area contributed by atoms with E-state index in [4.69, 9.17) is 25.9 Å². The Bertz CT molecular complexity index is 973. The van der Waals surface area contributed by atoms with Gasteiger partial charge in [-0.2, -0.15) is 0 Å². The van der Waals surface area contributed by atoms with E-state index in [1.807, 2.05) is 56.3 Å². The number of rotatable bonds is 7. The Balaban J connectivity index is 1.71. The van der Waals surface area contributed by atoms with E-state index in [2.05, 4.69) is 10.1 Å². The maximum Gasteiger partial charge on any atom is 0.161 e. The minimum atomic E-state index is 0.190. The number of ether oxygens (including phenoxy) is 2. The Morgan fingerprint density at radius 2 is 1.96 bits per heavy atom. The van der Waals surface area contributed by atoms with Gasteiger partial charge in [-0.3, -0.25) is 0 Å². The van der Waals surface area contributed by atoms with Crippen LogP contribution in [0.4, 0.5) is 0 Å². The van der Waals surface area contributed by atoms with Gasteiger partial charge in [0.25, 0.3) is 0 Å². The van der Waals surface area contributed by atoms with Gasteiger partial charge >= 0.3 is 0 Å². The van der Waals surface area contributed by atoms with Crippen LogP contribution in [0.2, 0.25) is 5.02 Å². The van der Waals surface area contributed by atoms with Crippen molar-refractivity contribution in [3.8, 4) is 11.5 Å². The van der Waals surface area contributed by atoms with Crippen molar-refractivity contribution in [3.63, 3.8) is 0 Å². The number of halogens is 1. The lowest BCUT2D eigenvalue weighted by Gasteiger charge is -2.10. The fourth-order valence-corrected chi connectivity index (χ4v) is 2.95. The zero-order chi connectivity index (χ0) is 19.2. The summed E-state index contributed by atoms with van der Waals surface area (Å²) in [4.78, 5) is 9.98. The molecule has 140 valence electrons. The molecule has 0 saturated carbocycles. The number of nitrogens with zero attached hydrogens (tertiary/aromatic N) is 2. The maximum absolute atomic E-state index is 6.43. The SMILES string of the molecule is CCOc1ccc(/C=N\OCc2nc3ccccc3c(C)c2Cl)cc1OC. The van der Waals surface area contributed by atoms with Gasteiger partial charge in [-0.15, -0.1) is 0 Å². The Morgan fingerprint density at radius 3 is 2.74 bits per heavy atom. The number of oxime groups is 1. The molecular weight excluding hydrogens is 364 g/mol. The molecule has 0 fully saturated rings. The Morgan fingerprint density at radius 1 is 1.15 bits per heavy atom. The highest BCUT2D eigenvalue weighted by Crippen LogP contribution is 2.28. The molecule has 0 spiro atoms. The van der Waals surface area contributed by atoms with E-state index >= 15 is 0 Å². The third-order valence-corrected chi connectivity index (χ3v) is 4.61. The first-order chi connectivity index (χ1) is 13.1. The molecule has 0 aliphatic carbocycles. The highest BCUT2D eigenvalue weighted by atomic mass is 35.5. The lowest BCUT2D eigenvalue weighted by Crippen LogP contribution is -1.98. The summed E-state index contributed by atoms with van der Waals surface area (Å²) in [6, 6.07) is 13.4. The number of para-hydroxylation sites is 1. The fraction of sp³-hybridized carbons (Fsp3) is 0.238. The number of methoxy groups -OCH3 is 1. The van der Waals surface area contributed by atoms with Crippen molar-refractivity contribution in [3.05, 3.63) is 64.3 Å². The number of hydrogen-bond acceptors (Lipinski definition) is 5. The van der Waals surface area contributed by atoms with Gasteiger partial charge in [0.2, 0.25) is 0 Å². The van der Waals surface area contributed by atoms with Crippen LogP contribution in [-0.4, -0.2) is 24.9 Å². The number of fused-ring (bicyclic) bond motifs is 1. The van der Waals surface area contributed by atoms with Crippen molar-refractivity contribution in [2.24, 2.45) is 5.16 Å². The molecule has 0 unspecified atom stereocenters. The molecule has 1 aromatic heterocycles. The topological polar surface area (TPSA) is 52.9 Å². The van der Waals surface area contributed by atoms with E-state index in [9.17, 15) is 0 Å². The molecule has 5 nitrogen and oxygen atoms in total. The van der Waals surface area contributed by atoms with Gasteiger partial charge in [-0.1, -0.05) is 35.0 Å². The summed E-state index contributed by atoms with van der Waals surface area (Å²) in [6.07, 6.45) is 1.61. The Labute approximate surface area is 163 Å². The van der Waals surface area contributed by atoms with Crippen molar-refractivity contribution >= 4 is 28.7 Å². The second-order valence-corrected chi connectivity index (χ2v) is 6.24. The molecule has 6 heteroatoms. The molecule has 0 atom stereocenters. The van der Waals surface area contributed by atoms with Gasteiger partial charge in [-0.25, -0.2) is 4.98 Å². The zero-order valence-corrected chi connectivity index (χ0v) is 16.3. The average molecular weight is 385 g/mol. The number of aromatic nitrogens is 1. The standard InChI is InChI=1S/C21H21ClN2O3/c1-4-26-19-10-9-15(11-20(19)25-3)12-23-27-13-18-21(22)14(2)16-7-5-6-8-17(16)24-18/h5-12H,4,13H2,1-3H3/b23-12-. The van der Waals surface area contributed by atoms with E-state index in [0.717, 1.165) is 22.0 Å². The van der Waals surface area contributed by atoms with Gasteiger partial charge < -0.3 is 14.3 Å². The summed E-state index contributed by atoms with van der Waals surface area (Å²) in [5, 5.41) is 5.66. The van der Waals surface area contributed by atoms with Crippen LogP contribution in [0.25, 0.3) is 10.9 Å². The highest BCUT2D eigenvalue weighted by Gasteiger charge is 2.10. The van der Waals surface area contributed by atoms with Crippen LogP contribution in [0, 0.1) is 6.92 Å². The minimum absolute atomic E-state index is 0.190. The third-order valence-electron chi connectivity index (χ3n) is 4.11. The van der Waals surface area contributed by atoms with E-state index in [0.29, 0.717) is 28.8 Å². The van der Waals surface area contributed by atoms with Gasteiger partial charge in [0.15, 0.2) is 18.1 Å². The van der Waals surface area contributed by atoms with E-state index < -0.39 is 0 Å². The molecule has 1 heterocycles. The monoisotopic (exact) mass is 384 g/mol. The van der Waals surface area contributed by atoms with Gasteiger partial charge in [0, 0.05) is 10.9 Å². The predicted octanol–water partition coefficient (Wildman–Crippen LogP) is 5.15. The minimum Gasteiger partial charge on any atom is -0.493 e. The molecule has 0 aliphatic heterocycles. The van der Waals surface area contributed by atoms with Gasteiger partial charge in [0.1, 0.15) is 5.69 Å². The van der Waals surface area contributed by atoms with Crippen LogP contribution in [0.3, 0.4) is 0 Å². The smallest absolute Gasteiger partial charge is 0.161 e. The average Bonchev–Trinajstić information content (AvgIpc) is 2.70. The second kappa shape index (κ2) is 8.73. The molecule has 0 amide bonds. The van der Waals surface area contributed by atoms with Crippen LogP contribution < -0.4 is 9.47 Å². The van der Waals surface area contributed by atoms with Crippen molar-refractivity contribution in [1.29, 1.82) is 0 Å². The van der Waals surface area contributed by atoms with Gasteiger partial charge in [0.05, 0.1) is 30.5 Å². The summed E-state index contributed by atoms with van der Waals surface area (Å²) in [5.74, 6) is 1.34. The van der Waals surface area contributed by atoms with Crippen molar-refractivity contribution < 1.29 is 14.3 Å². The Kier molecular flexibility index (Phi) is 6.14. The first kappa shape index (κ1) is 19.0. The molecular formula is C21H21ClN2O3. The zero-order valence-electron chi connectivity index (χ0n) is 15.5. The van der Waals surface area contributed by atoms with Crippen LogP contribution in [0.5, 0.6) is 11.5 Å². The number of benzene rings is 2. The van der Waals surface area contributed by atoms with Crippen molar-refractivity contribution in [2.75, 3.05) is 13.7 Å². The van der Waals surface area contributed by atoms with Crippen molar-refractivity contribution in [1.82, 2.24) is 4.98 Å². The molecule has 2 aromatic carbocycles. The van der Waals surface area contributed by atoms with E-state index in [1.165, 1.54) is 0 Å². The van der Waals surface area contributed by atoms with Crippen LogP contribution in [0.1, 0.15) is 23.7 Å². The molecule has 0 N–H and O–H groups in total. The molecule has 27 heavy (non-hydrogen) atoms. The van der Waals surface area contributed by atoms with Crippen molar-refractivity contribution in [2.45, 2.75) is 20.5 Å². The first-order valence-electron chi connectivity index (χ1n) is 8.64. The molecule has 0 saturated heterocycles. The van der Waals surface area contributed by atoms with Crippen LogP contribution in [-0.2, 0) is 11.4 Å². The summed E-state index contributed by atoms with van der Waals surface area (Å²) in [7, 11) is 1.60. The summed E-state index contributed by atoms with van der Waals surface area (Å²) in [6.45, 7) is 4.67. The third kappa shape index (κ3) is 4.31. The lowest BCUT2D eigenvalue weighted by atomic mass is 10.1. The second-order valence-electron chi connectivity index (χ2n) is 5.87. The first-order valence-corrected chi connectivity index (χ1v) is 9.01. The largest absolute Gasteiger partial charge is 0.493 e. The van der Waals surface area contributed by atoms with E-state index in [-0.39, 0.29) is 6.61 Å². The fourth-order valence-electron chi connectivity index (χ4n) is 2.75. The molecule has 0 radical (unpaired) electrons. The predicted molar refractivity (Wildman–Crippen MR) is 108 cm³/mol. The van der Waals surface area contributed by atoms with E-state index in [1.54, 1.807) is 13.3 Å². The quantitative estimate of drug-likeness (QED) is 0.417. The number of aryl methyl sites for hydroxylation is 1.